The lowest BCUT2D eigenvalue weighted by atomic mass is 10.1. The van der Waals surface area contributed by atoms with Gasteiger partial charge in [0.1, 0.15) is 0 Å². The maximum atomic E-state index is 4.46. The summed E-state index contributed by atoms with van der Waals surface area (Å²) in [6.07, 6.45) is 5.31. The van der Waals surface area contributed by atoms with Gasteiger partial charge >= 0.3 is 0 Å². The van der Waals surface area contributed by atoms with E-state index in [1.807, 2.05) is 29.1 Å². The highest BCUT2D eigenvalue weighted by atomic mass is 15.3. The number of nitrogens with one attached hydrogen (secondary N) is 1. The van der Waals surface area contributed by atoms with E-state index in [9.17, 15) is 0 Å². The molecule has 0 aliphatic carbocycles. The molecule has 20 heavy (non-hydrogen) atoms. The topological polar surface area (TPSA) is 33.1 Å². The molecular formula is C16H22N4. The lowest BCUT2D eigenvalue weighted by molar-refractivity contribution is 0.387. The molecule has 1 fully saturated rings. The molecule has 0 saturated carbocycles. The largest absolute Gasteiger partial charge is 0.306 e. The van der Waals surface area contributed by atoms with Gasteiger partial charge in [0, 0.05) is 30.4 Å². The normalized spacial score (nSPS) is 21.2. The van der Waals surface area contributed by atoms with Crippen molar-refractivity contribution in [2.75, 3.05) is 20.1 Å². The highest BCUT2D eigenvalue weighted by Gasteiger charge is 2.21. The maximum Gasteiger partial charge on any atom is 0.0645 e. The fourth-order valence-corrected chi connectivity index (χ4v) is 2.80. The minimum absolute atomic E-state index is 0.337. The lowest BCUT2D eigenvalue weighted by Gasteiger charge is -2.18. The van der Waals surface area contributed by atoms with Crippen LogP contribution in [0.4, 0.5) is 0 Å². The van der Waals surface area contributed by atoms with E-state index in [2.05, 4.69) is 47.6 Å². The Morgan fingerprint density at radius 1 is 1.30 bits per heavy atom. The number of rotatable bonds is 4. The van der Waals surface area contributed by atoms with Gasteiger partial charge in [-0.25, -0.2) is 4.68 Å². The third-order valence-corrected chi connectivity index (χ3v) is 4.00. The molecule has 1 aliphatic rings. The predicted molar refractivity (Wildman–Crippen MR) is 81.0 cm³/mol. The van der Waals surface area contributed by atoms with E-state index >= 15 is 0 Å². The first kappa shape index (κ1) is 13.3. The summed E-state index contributed by atoms with van der Waals surface area (Å²) in [7, 11) is 2.18. The predicted octanol–water partition coefficient (Wildman–Crippen LogP) is 2.23. The van der Waals surface area contributed by atoms with Crippen LogP contribution in [0.5, 0.6) is 0 Å². The summed E-state index contributed by atoms with van der Waals surface area (Å²) in [5, 5.41) is 8.16. The summed E-state index contributed by atoms with van der Waals surface area (Å²) < 4.78 is 1.94. The molecule has 1 aliphatic heterocycles. The molecule has 2 aromatic rings. The number of hydrogen-bond donors (Lipinski definition) is 1. The van der Waals surface area contributed by atoms with Crippen molar-refractivity contribution in [2.45, 2.75) is 25.4 Å². The average molecular weight is 270 g/mol. The van der Waals surface area contributed by atoms with Gasteiger partial charge in [-0.05, 0) is 39.1 Å². The van der Waals surface area contributed by atoms with Crippen molar-refractivity contribution in [1.29, 1.82) is 0 Å². The van der Waals surface area contributed by atoms with Gasteiger partial charge in [-0.15, -0.1) is 0 Å². The fourth-order valence-electron chi connectivity index (χ4n) is 2.80. The molecule has 1 aromatic heterocycles. The lowest BCUT2D eigenvalue weighted by Crippen LogP contribution is -2.33. The van der Waals surface area contributed by atoms with E-state index in [0.29, 0.717) is 12.1 Å². The van der Waals surface area contributed by atoms with Crippen molar-refractivity contribution in [3.8, 4) is 5.69 Å². The van der Waals surface area contributed by atoms with Crippen molar-refractivity contribution in [3.63, 3.8) is 0 Å². The van der Waals surface area contributed by atoms with E-state index in [-0.39, 0.29) is 0 Å². The molecule has 4 heteroatoms. The summed E-state index contributed by atoms with van der Waals surface area (Å²) in [5.41, 5.74) is 2.34. The van der Waals surface area contributed by atoms with Gasteiger partial charge in [-0.3, -0.25) is 0 Å². The number of nitrogens with zero attached hydrogens (tertiary/aromatic N) is 3. The van der Waals surface area contributed by atoms with Crippen LogP contribution in [0.15, 0.2) is 42.7 Å². The van der Waals surface area contributed by atoms with E-state index in [4.69, 9.17) is 0 Å². The molecule has 1 aromatic carbocycles. The molecule has 106 valence electrons. The first-order chi connectivity index (χ1) is 9.72. The highest BCUT2D eigenvalue weighted by molar-refractivity contribution is 5.31. The van der Waals surface area contributed by atoms with Gasteiger partial charge in [0.15, 0.2) is 0 Å². The number of aromatic nitrogens is 2. The molecule has 2 atom stereocenters. The molecule has 0 bridgehead atoms. The maximum absolute atomic E-state index is 4.46. The molecule has 0 radical (unpaired) electrons. The fraction of sp³-hybridized carbons (Fsp3) is 0.438. The smallest absolute Gasteiger partial charge is 0.0645 e. The summed E-state index contributed by atoms with van der Waals surface area (Å²) in [5.74, 6) is 0. The quantitative estimate of drug-likeness (QED) is 0.925. The number of hydrogen-bond acceptors (Lipinski definition) is 3. The van der Waals surface area contributed by atoms with E-state index in [1.54, 1.807) is 0 Å². The minimum Gasteiger partial charge on any atom is -0.306 e. The van der Waals surface area contributed by atoms with Crippen LogP contribution in [0.25, 0.3) is 5.69 Å². The van der Waals surface area contributed by atoms with Crippen molar-refractivity contribution in [3.05, 3.63) is 48.3 Å². The van der Waals surface area contributed by atoms with E-state index in [0.717, 1.165) is 12.2 Å². The van der Waals surface area contributed by atoms with Crippen molar-refractivity contribution in [2.24, 2.45) is 0 Å². The Balaban J connectivity index is 1.67. The Labute approximate surface area is 120 Å². The molecule has 3 rings (SSSR count). The first-order valence-electron chi connectivity index (χ1n) is 7.27. The summed E-state index contributed by atoms with van der Waals surface area (Å²) in [6.45, 7) is 4.54. The van der Waals surface area contributed by atoms with Crippen LogP contribution < -0.4 is 5.32 Å². The highest BCUT2D eigenvalue weighted by Crippen LogP contribution is 2.17. The number of benzene rings is 1. The average Bonchev–Trinajstić information content (AvgIpc) is 3.09. The monoisotopic (exact) mass is 270 g/mol. The first-order valence-corrected chi connectivity index (χ1v) is 7.27. The molecule has 2 heterocycles. The Morgan fingerprint density at radius 2 is 2.10 bits per heavy atom. The number of para-hydroxylation sites is 1. The van der Waals surface area contributed by atoms with Crippen molar-refractivity contribution < 1.29 is 0 Å². The second kappa shape index (κ2) is 5.77. The summed E-state index contributed by atoms with van der Waals surface area (Å²) in [6, 6.07) is 11.2. The van der Waals surface area contributed by atoms with Crippen LogP contribution >= 0.6 is 0 Å². The van der Waals surface area contributed by atoms with Crippen molar-refractivity contribution in [1.82, 2.24) is 20.0 Å². The second-order valence-electron chi connectivity index (χ2n) is 5.69. The van der Waals surface area contributed by atoms with Crippen LogP contribution in [-0.4, -0.2) is 40.9 Å². The second-order valence-corrected chi connectivity index (χ2v) is 5.69. The van der Waals surface area contributed by atoms with Gasteiger partial charge < -0.3 is 10.2 Å². The van der Waals surface area contributed by atoms with Gasteiger partial charge in [0.25, 0.3) is 0 Å². The Bertz CT molecular complexity index is 549. The van der Waals surface area contributed by atoms with Crippen LogP contribution in [0, 0.1) is 0 Å². The molecule has 1 saturated heterocycles. The standard InChI is InChI=1S/C16H22N4/c1-13(18-15-8-9-19(2)12-15)14-10-17-20(11-14)16-6-4-3-5-7-16/h3-7,10-11,13,15,18H,8-9,12H2,1-2H3. The zero-order chi connectivity index (χ0) is 13.9. The summed E-state index contributed by atoms with van der Waals surface area (Å²) >= 11 is 0. The van der Waals surface area contributed by atoms with Gasteiger partial charge in [0.2, 0.25) is 0 Å². The third kappa shape index (κ3) is 2.92. The van der Waals surface area contributed by atoms with Gasteiger partial charge in [-0.2, -0.15) is 5.10 Å². The van der Waals surface area contributed by atoms with Crippen LogP contribution in [0.2, 0.25) is 0 Å². The number of likely N-dealkylation sites (N-methyl/N-ethyl adjacent to an activating group) is 1. The van der Waals surface area contributed by atoms with Crippen LogP contribution in [0.3, 0.4) is 0 Å². The third-order valence-electron chi connectivity index (χ3n) is 4.00. The molecular weight excluding hydrogens is 248 g/mol. The van der Waals surface area contributed by atoms with E-state index < -0.39 is 0 Å². The van der Waals surface area contributed by atoms with Crippen LogP contribution in [0.1, 0.15) is 24.9 Å². The molecule has 0 spiro atoms. The summed E-state index contributed by atoms with van der Waals surface area (Å²) in [4.78, 5) is 2.37. The zero-order valence-corrected chi connectivity index (χ0v) is 12.2. The molecule has 2 unspecified atom stereocenters. The zero-order valence-electron chi connectivity index (χ0n) is 12.2. The minimum atomic E-state index is 0.337. The molecule has 1 N–H and O–H groups in total. The Morgan fingerprint density at radius 3 is 2.80 bits per heavy atom. The molecule has 4 nitrogen and oxygen atoms in total. The Hall–Kier alpha value is -1.65. The number of likely N-dealkylation sites (tertiary alicyclic amines) is 1. The van der Waals surface area contributed by atoms with Crippen LogP contribution in [-0.2, 0) is 0 Å². The van der Waals surface area contributed by atoms with Crippen molar-refractivity contribution >= 4 is 0 Å². The SMILES string of the molecule is CC(NC1CCN(C)C1)c1cnn(-c2ccccc2)c1. The Kier molecular flexibility index (Phi) is 3.85. The van der Waals surface area contributed by atoms with Gasteiger partial charge in [0.05, 0.1) is 11.9 Å². The van der Waals surface area contributed by atoms with Gasteiger partial charge in [-0.1, -0.05) is 18.2 Å². The van der Waals surface area contributed by atoms with E-state index in [1.165, 1.54) is 18.5 Å². The molecule has 0 amide bonds.